The molecule has 6 nitrogen and oxygen atoms in total. The number of hydrogen-bond donors (Lipinski definition) is 2. The third-order valence-corrected chi connectivity index (χ3v) is 3.62. The van der Waals surface area contributed by atoms with Crippen molar-refractivity contribution in [3.05, 3.63) is 35.4 Å². The molecule has 1 unspecified atom stereocenters. The average Bonchev–Trinajstić information content (AvgIpc) is 2.72. The number of carbonyl (C=O) groups excluding carboxylic acids is 3. The Balaban J connectivity index is 2.26. The minimum absolute atomic E-state index is 0.285. The van der Waals surface area contributed by atoms with Gasteiger partial charge in [0.2, 0.25) is 5.91 Å². The molecule has 0 radical (unpaired) electrons. The van der Waals surface area contributed by atoms with E-state index in [9.17, 15) is 23.2 Å². The summed E-state index contributed by atoms with van der Waals surface area (Å²) in [5.74, 6) is -2.86. The maximum absolute atomic E-state index is 14.0. The number of nitrogens with one attached hydrogen (secondary N) is 2. The summed E-state index contributed by atoms with van der Waals surface area (Å²) in [6.07, 6.45) is 0.706. The van der Waals surface area contributed by atoms with Crippen LogP contribution in [0.2, 0.25) is 0 Å². The fourth-order valence-electron chi connectivity index (χ4n) is 2.37. The molecule has 1 atom stereocenters. The fraction of sp³-hybridized carbons (Fsp3) is 0.400. The maximum Gasteiger partial charge on any atom is 0.325 e. The normalized spacial score (nSPS) is 20.6. The van der Waals surface area contributed by atoms with Gasteiger partial charge in [-0.1, -0.05) is 6.92 Å². The molecule has 0 saturated carbocycles. The first-order valence-corrected chi connectivity index (χ1v) is 7.16. The van der Waals surface area contributed by atoms with Crippen molar-refractivity contribution in [1.29, 1.82) is 0 Å². The zero-order valence-corrected chi connectivity index (χ0v) is 12.8. The monoisotopic (exact) mass is 325 g/mol. The number of nitrogens with zero attached hydrogens (tertiary/aromatic N) is 1. The van der Waals surface area contributed by atoms with Gasteiger partial charge in [-0.25, -0.2) is 13.6 Å². The van der Waals surface area contributed by atoms with Crippen molar-refractivity contribution >= 4 is 17.8 Å². The highest BCUT2D eigenvalue weighted by molar-refractivity contribution is 6.09. The third kappa shape index (κ3) is 3.15. The van der Waals surface area contributed by atoms with Crippen LogP contribution in [0.15, 0.2) is 18.2 Å². The molecule has 23 heavy (non-hydrogen) atoms. The highest BCUT2D eigenvalue weighted by Crippen LogP contribution is 2.31. The standard InChI is InChI=1S/C15H17F2N3O3/c1-3-6-18-12(21)8-20-13(22)15(2,19-14(20)23)10-7-9(16)4-5-11(10)17/h4-5,7H,3,6,8H2,1-2H3,(H,18,21)(H,19,23). The Labute approximate surface area is 131 Å². The molecule has 1 aliphatic heterocycles. The van der Waals surface area contributed by atoms with Crippen molar-refractivity contribution < 1.29 is 23.2 Å². The number of rotatable bonds is 5. The first-order chi connectivity index (χ1) is 10.8. The number of benzene rings is 1. The van der Waals surface area contributed by atoms with Crippen LogP contribution in [0.3, 0.4) is 0 Å². The Morgan fingerprint density at radius 3 is 2.70 bits per heavy atom. The summed E-state index contributed by atoms with van der Waals surface area (Å²) in [5, 5.41) is 4.87. The number of imide groups is 1. The van der Waals surface area contributed by atoms with E-state index in [2.05, 4.69) is 10.6 Å². The molecule has 1 heterocycles. The van der Waals surface area contributed by atoms with E-state index in [0.29, 0.717) is 17.9 Å². The molecule has 4 amide bonds. The molecule has 1 aromatic rings. The van der Waals surface area contributed by atoms with Gasteiger partial charge in [0, 0.05) is 12.1 Å². The summed E-state index contributed by atoms with van der Waals surface area (Å²) in [6, 6.07) is 1.83. The molecular formula is C15H17F2N3O3. The van der Waals surface area contributed by atoms with Gasteiger partial charge in [0.25, 0.3) is 5.91 Å². The van der Waals surface area contributed by atoms with E-state index in [1.807, 2.05) is 6.92 Å². The van der Waals surface area contributed by atoms with Gasteiger partial charge in [-0.3, -0.25) is 14.5 Å². The van der Waals surface area contributed by atoms with Crippen LogP contribution in [0.1, 0.15) is 25.8 Å². The maximum atomic E-state index is 14.0. The molecule has 0 bridgehead atoms. The van der Waals surface area contributed by atoms with Crippen molar-refractivity contribution in [3.63, 3.8) is 0 Å². The van der Waals surface area contributed by atoms with E-state index in [1.54, 1.807) is 0 Å². The van der Waals surface area contributed by atoms with Gasteiger partial charge >= 0.3 is 6.03 Å². The summed E-state index contributed by atoms with van der Waals surface area (Å²) in [5.41, 5.74) is -2.04. The lowest BCUT2D eigenvalue weighted by molar-refractivity contribution is -0.134. The highest BCUT2D eigenvalue weighted by Gasteiger charge is 2.50. The molecule has 124 valence electrons. The minimum atomic E-state index is -1.76. The van der Waals surface area contributed by atoms with Crippen LogP contribution in [0.25, 0.3) is 0 Å². The second-order valence-electron chi connectivity index (χ2n) is 5.42. The van der Waals surface area contributed by atoms with E-state index < -0.39 is 41.6 Å². The third-order valence-electron chi connectivity index (χ3n) is 3.62. The summed E-state index contributed by atoms with van der Waals surface area (Å²) < 4.78 is 27.3. The lowest BCUT2D eigenvalue weighted by atomic mass is 9.91. The topological polar surface area (TPSA) is 78.5 Å². The number of halogens is 2. The van der Waals surface area contributed by atoms with E-state index in [4.69, 9.17) is 0 Å². The largest absolute Gasteiger partial charge is 0.355 e. The van der Waals surface area contributed by atoms with E-state index >= 15 is 0 Å². The van der Waals surface area contributed by atoms with Crippen LogP contribution < -0.4 is 10.6 Å². The molecular weight excluding hydrogens is 308 g/mol. The van der Waals surface area contributed by atoms with Crippen molar-refractivity contribution in [2.75, 3.05) is 13.1 Å². The number of hydrogen-bond acceptors (Lipinski definition) is 3. The quantitative estimate of drug-likeness (QED) is 0.800. The van der Waals surface area contributed by atoms with Gasteiger partial charge in [-0.15, -0.1) is 0 Å². The summed E-state index contributed by atoms with van der Waals surface area (Å²) in [6.45, 7) is 3.07. The molecule has 8 heteroatoms. The molecule has 2 rings (SSSR count). The first kappa shape index (κ1) is 16.9. The lowest BCUT2D eigenvalue weighted by Gasteiger charge is -2.22. The number of carbonyl (C=O) groups is 3. The van der Waals surface area contributed by atoms with Gasteiger partial charge in [0.05, 0.1) is 0 Å². The predicted molar refractivity (Wildman–Crippen MR) is 77.3 cm³/mol. The number of amides is 4. The Kier molecular flexibility index (Phi) is 4.63. The van der Waals surface area contributed by atoms with Gasteiger partial charge in [-0.05, 0) is 31.5 Å². The van der Waals surface area contributed by atoms with Crippen LogP contribution in [-0.2, 0) is 15.1 Å². The Morgan fingerprint density at radius 1 is 1.35 bits per heavy atom. The number of urea groups is 1. The smallest absolute Gasteiger partial charge is 0.325 e. The lowest BCUT2D eigenvalue weighted by Crippen LogP contribution is -2.43. The molecule has 1 fully saturated rings. The molecule has 0 aliphatic carbocycles. The minimum Gasteiger partial charge on any atom is -0.355 e. The van der Waals surface area contributed by atoms with Gasteiger partial charge in [0.1, 0.15) is 23.7 Å². The Morgan fingerprint density at radius 2 is 2.04 bits per heavy atom. The van der Waals surface area contributed by atoms with Crippen LogP contribution in [0.5, 0.6) is 0 Å². The molecule has 2 N–H and O–H groups in total. The van der Waals surface area contributed by atoms with E-state index in [-0.39, 0.29) is 5.56 Å². The average molecular weight is 325 g/mol. The summed E-state index contributed by atoms with van der Waals surface area (Å²) in [4.78, 5) is 36.8. The summed E-state index contributed by atoms with van der Waals surface area (Å²) in [7, 11) is 0. The molecule has 1 aromatic carbocycles. The van der Waals surface area contributed by atoms with Crippen molar-refractivity contribution in [1.82, 2.24) is 15.5 Å². The molecule has 0 aromatic heterocycles. The van der Waals surface area contributed by atoms with Crippen molar-refractivity contribution in [3.8, 4) is 0 Å². The second-order valence-corrected chi connectivity index (χ2v) is 5.42. The first-order valence-electron chi connectivity index (χ1n) is 7.16. The SMILES string of the molecule is CCCNC(=O)CN1C(=O)NC(C)(c2cc(F)ccc2F)C1=O. The molecule has 1 aliphatic rings. The van der Waals surface area contributed by atoms with Crippen LogP contribution in [0, 0.1) is 11.6 Å². The molecule has 1 saturated heterocycles. The van der Waals surface area contributed by atoms with Crippen molar-refractivity contribution in [2.24, 2.45) is 0 Å². The predicted octanol–water partition coefficient (Wildman–Crippen LogP) is 1.26. The second kappa shape index (κ2) is 6.31. The van der Waals surface area contributed by atoms with Gasteiger partial charge in [0.15, 0.2) is 0 Å². The van der Waals surface area contributed by atoms with Gasteiger partial charge < -0.3 is 10.6 Å². The molecule has 0 spiro atoms. The van der Waals surface area contributed by atoms with E-state index in [0.717, 1.165) is 18.2 Å². The zero-order chi connectivity index (χ0) is 17.2. The fourth-order valence-corrected chi connectivity index (χ4v) is 2.37. The van der Waals surface area contributed by atoms with E-state index in [1.165, 1.54) is 6.92 Å². The van der Waals surface area contributed by atoms with Crippen LogP contribution in [-0.4, -0.2) is 35.8 Å². The van der Waals surface area contributed by atoms with Crippen molar-refractivity contribution in [2.45, 2.75) is 25.8 Å². The van der Waals surface area contributed by atoms with Crippen LogP contribution >= 0.6 is 0 Å². The zero-order valence-electron chi connectivity index (χ0n) is 12.8. The highest BCUT2D eigenvalue weighted by atomic mass is 19.1. The van der Waals surface area contributed by atoms with Crippen LogP contribution in [0.4, 0.5) is 13.6 Å². The Bertz CT molecular complexity index is 665. The van der Waals surface area contributed by atoms with Gasteiger partial charge in [-0.2, -0.15) is 0 Å². The summed E-state index contributed by atoms with van der Waals surface area (Å²) >= 11 is 0. The Hall–Kier alpha value is -2.51.